The average molecular weight is 330 g/mol. The lowest BCUT2D eigenvalue weighted by Crippen LogP contribution is -2.26. The van der Waals surface area contributed by atoms with Crippen molar-refractivity contribution in [2.24, 2.45) is 0 Å². The van der Waals surface area contributed by atoms with Gasteiger partial charge in [-0.1, -0.05) is 15.9 Å². The van der Waals surface area contributed by atoms with Crippen LogP contribution in [0.4, 0.5) is 0 Å². The molecule has 0 heterocycles. The van der Waals surface area contributed by atoms with E-state index in [1.165, 1.54) is 0 Å². The third kappa shape index (κ3) is 6.07. The molecule has 1 unspecified atom stereocenters. The van der Waals surface area contributed by atoms with Gasteiger partial charge in [0, 0.05) is 16.6 Å². The molecular formula is C14H20BrNO3. The number of amides is 1. The first-order valence-electron chi connectivity index (χ1n) is 6.32. The van der Waals surface area contributed by atoms with E-state index in [2.05, 4.69) is 21.2 Å². The molecule has 1 aromatic rings. The van der Waals surface area contributed by atoms with E-state index in [1.54, 1.807) is 19.1 Å². The number of rotatable bonds is 6. The Morgan fingerprint density at radius 2 is 2.05 bits per heavy atom. The highest BCUT2D eigenvalue weighted by Crippen LogP contribution is 2.22. The number of carbonyl (C=O) groups excluding carboxylic acids is 1. The van der Waals surface area contributed by atoms with Crippen molar-refractivity contribution in [2.45, 2.75) is 39.4 Å². The number of hydrogen-bond acceptors (Lipinski definition) is 3. The summed E-state index contributed by atoms with van der Waals surface area (Å²) >= 11 is 3.36. The maximum Gasteiger partial charge on any atom is 0.251 e. The molecule has 106 valence electrons. The van der Waals surface area contributed by atoms with Gasteiger partial charge < -0.3 is 15.2 Å². The van der Waals surface area contributed by atoms with Gasteiger partial charge in [-0.25, -0.2) is 0 Å². The van der Waals surface area contributed by atoms with Gasteiger partial charge in [0.15, 0.2) is 0 Å². The van der Waals surface area contributed by atoms with Crippen molar-refractivity contribution in [1.29, 1.82) is 0 Å². The van der Waals surface area contributed by atoms with E-state index in [-0.39, 0.29) is 12.0 Å². The van der Waals surface area contributed by atoms with Crippen LogP contribution in [0, 0.1) is 0 Å². The third-order valence-corrected chi connectivity index (χ3v) is 2.81. The summed E-state index contributed by atoms with van der Waals surface area (Å²) in [6.45, 7) is 6.01. The van der Waals surface area contributed by atoms with Gasteiger partial charge >= 0.3 is 0 Å². The lowest BCUT2D eigenvalue weighted by molar-refractivity contribution is 0.0944. The second-order valence-corrected chi connectivity index (χ2v) is 5.65. The number of benzene rings is 1. The summed E-state index contributed by atoms with van der Waals surface area (Å²) in [5.41, 5.74) is 0.538. The monoisotopic (exact) mass is 329 g/mol. The standard InChI is InChI=1S/C14H20BrNO3/c1-9(2)19-13-7-11(6-12(15)8-13)14(18)16-5-4-10(3)17/h6-10,17H,4-5H2,1-3H3,(H,16,18). The summed E-state index contributed by atoms with van der Waals surface area (Å²) in [6, 6.07) is 5.28. The summed E-state index contributed by atoms with van der Waals surface area (Å²) in [5, 5.41) is 11.9. The van der Waals surface area contributed by atoms with Crippen molar-refractivity contribution in [3.63, 3.8) is 0 Å². The van der Waals surface area contributed by atoms with Gasteiger partial charge in [-0.3, -0.25) is 4.79 Å². The minimum Gasteiger partial charge on any atom is -0.491 e. The van der Waals surface area contributed by atoms with Gasteiger partial charge in [0.2, 0.25) is 0 Å². The molecule has 5 heteroatoms. The Balaban J connectivity index is 2.71. The first-order chi connectivity index (χ1) is 8.88. The van der Waals surface area contributed by atoms with Crippen molar-refractivity contribution in [3.8, 4) is 5.75 Å². The van der Waals surface area contributed by atoms with Crippen LogP contribution in [0.25, 0.3) is 0 Å². The second-order valence-electron chi connectivity index (χ2n) is 4.74. The molecule has 1 atom stereocenters. The predicted octanol–water partition coefficient (Wildman–Crippen LogP) is 2.74. The van der Waals surface area contributed by atoms with E-state index in [1.807, 2.05) is 19.9 Å². The van der Waals surface area contributed by atoms with Crippen LogP contribution in [0.2, 0.25) is 0 Å². The van der Waals surface area contributed by atoms with Gasteiger partial charge in [-0.05, 0) is 45.4 Å². The molecule has 0 fully saturated rings. The molecule has 0 spiro atoms. The summed E-state index contributed by atoms with van der Waals surface area (Å²) in [5.74, 6) is 0.487. The van der Waals surface area contributed by atoms with E-state index in [4.69, 9.17) is 9.84 Å². The molecule has 1 rings (SSSR count). The molecule has 0 saturated carbocycles. The molecule has 0 saturated heterocycles. The minimum atomic E-state index is -0.414. The molecule has 1 amide bonds. The fourth-order valence-electron chi connectivity index (χ4n) is 1.53. The summed E-state index contributed by atoms with van der Waals surface area (Å²) in [4.78, 5) is 11.9. The zero-order valence-electron chi connectivity index (χ0n) is 11.4. The lowest BCUT2D eigenvalue weighted by Gasteiger charge is -2.12. The quantitative estimate of drug-likeness (QED) is 0.843. The average Bonchev–Trinajstić information content (AvgIpc) is 2.26. The fourth-order valence-corrected chi connectivity index (χ4v) is 2.00. The highest BCUT2D eigenvalue weighted by Gasteiger charge is 2.09. The molecule has 0 bridgehead atoms. The number of hydrogen-bond donors (Lipinski definition) is 2. The van der Waals surface area contributed by atoms with E-state index in [9.17, 15) is 4.79 Å². The van der Waals surface area contributed by atoms with Gasteiger partial charge in [-0.2, -0.15) is 0 Å². The van der Waals surface area contributed by atoms with Crippen molar-refractivity contribution < 1.29 is 14.6 Å². The SMILES string of the molecule is CC(O)CCNC(=O)c1cc(Br)cc(OC(C)C)c1. The Morgan fingerprint density at radius 3 is 2.63 bits per heavy atom. The van der Waals surface area contributed by atoms with E-state index in [0.29, 0.717) is 24.3 Å². The van der Waals surface area contributed by atoms with Gasteiger partial charge in [-0.15, -0.1) is 0 Å². The summed E-state index contributed by atoms with van der Waals surface area (Å²) in [7, 11) is 0. The molecule has 0 aliphatic heterocycles. The highest BCUT2D eigenvalue weighted by molar-refractivity contribution is 9.10. The van der Waals surface area contributed by atoms with Crippen LogP contribution in [0.5, 0.6) is 5.75 Å². The van der Waals surface area contributed by atoms with Crippen LogP contribution in [0.15, 0.2) is 22.7 Å². The van der Waals surface area contributed by atoms with Crippen LogP contribution in [0.3, 0.4) is 0 Å². The molecule has 0 aromatic heterocycles. The molecule has 4 nitrogen and oxygen atoms in total. The topological polar surface area (TPSA) is 58.6 Å². The lowest BCUT2D eigenvalue weighted by atomic mass is 10.2. The van der Waals surface area contributed by atoms with E-state index >= 15 is 0 Å². The maximum atomic E-state index is 11.9. The van der Waals surface area contributed by atoms with Crippen molar-refractivity contribution >= 4 is 21.8 Å². The molecule has 2 N–H and O–H groups in total. The van der Waals surface area contributed by atoms with Gasteiger partial charge in [0.1, 0.15) is 5.75 Å². The molecule has 1 aromatic carbocycles. The number of nitrogens with one attached hydrogen (secondary N) is 1. The van der Waals surface area contributed by atoms with Crippen LogP contribution in [-0.4, -0.2) is 29.8 Å². The van der Waals surface area contributed by atoms with Crippen molar-refractivity contribution in [2.75, 3.05) is 6.54 Å². The molecule has 0 aliphatic rings. The van der Waals surface area contributed by atoms with Crippen LogP contribution >= 0.6 is 15.9 Å². The van der Waals surface area contributed by atoms with Crippen LogP contribution in [0.1, 0.15) is 37.6 Å². The second kappa shape index (κ2) is 7.50. The molecular weight excluding hydrogens is 310 g/mol. The van der Waals surface area contributed by atoms with Crippen LogP contribution < -0.4 is 10.1 Å². The fraction of sp³-hybridized carbons (Fsp3) is 0.500. The largest absolute Gasteiger partial charge is 0.491 e. The normalized spacial score (nSPS) is 12.3. The first-order valence-corrected chi connectivity index (χ1v) is 7.11. The van der Waals surface area contributed by atoms with E-state index in [0.717, 1.165) is 4.47 Å². The maximum absolute atomic E-state index is 11.9. The van der Waals surface area contributed by atoms with Crippen molar-refractivity contribution in [3.05, 3.63) is 28.2 Å². The zero-order valence-corrected chi connectivity index (χ0v) is 13.0. The number of aliphatic hydroxyl groups excluding tert-OH is 1. The molecule has 19 heavy (non-hydrogen) atoms. The number of carbonyl (C=O) groups is 1. The third-order valence-electron chi connectivity index (χ3n) is 2.35. The Morgan fingerprint density at radius 1 is 1.37 bits per heavy atom. The summed E-state index contributed by atoms with van der Waals surface area (Å²) < 4.78 is 6.38. The number of aliphatic hydroxyl groups is 1. The van der Waals surface area contributed by atoms with E-state index < -0.39 is 6.10 Å². The number of halogens is 1. The van der Waals surface area contributed by atoms with Crippen molar-refractivity contribution in [1.82, 2.24) is 5.32 Å². The Bertz CT molecular complexity index is 433. The Labute approximate surface area is 122 Å². The van der Waals surface area contributed by atoms with Gasteiger partial charge in [0.25, 0.3) is 5.91 Å². The predicted molar refractivity (Wildman–Crippen MR) is 78.5 cm³/mol. The zero-order chi connectivity index (χ0) is 14.4. The summed E-state index contributed by atoms with van der Waals surface area (Å²) in [6.07, 6.45) is 0.179. The highest BCUT2D eigenvalue weighted by atomic mass is 79.9. The molecule has 0 radical (unpaired) electrons. The first kappa shape index (κ1) is 16.0. The molecule has 0 aliphatic carbocycles. The smallest absolute Gasteiger partial charge is 0.251 e. The number of ether oxygens (including phenoxy) is 1. The van der Waals surface area contributed by atoms with Crippen LogP contribution in [-0.2, 0) is 0 Å². The Kier molecular flexibility index (Phi) is 6.31. The van der Waals surface area contributed by atoms with Gasteiger partial charge in [0.05, 0.1) is 12.2 Å². The Hall–Kier alpha value is -1.07. The minimum absolute atomic E-state index is 0.0560.